The fourth-order valence-electron chi connectivity index (χ4n) is 5.29. The van der Waals surface area contributed by atoms with Crippen molar-refractivity contribution in [1.82, 2.24) is 0 Å². The number of fused-ring (bicyclic) bond motifs is 2. The van der Waals surface area contributed by atoms with Gasteiger partial charge < -0.3 is 20.1 Å². The number of para-hydroxylation sites is 1. The maximum atomic E-state index is 12.2. The zero-order chi connectivity index (χ0) is 34.4. The average Bonchev–Trinajstić information content (AvgIpc) is 3.03. The second kappa shape index (κ2) is 16.0. The number of nitrogens with one attached hydrogen (secondary N) is 2. The van der Waals surface area contributed by atoms with Gasteiger partial charge in [-0.3, -0.25) is 9.59 Å². The Balaban J connectivity index is 0.000000190. The van der Waals surface area contributed by atoms with Crippen LogP contribution in [0.15, 0.2) is 83.8 Å². The molecular weight excluding hydrogens is 742 g/mol. The minimum Gasteiger partial charge on any atom is -0.492 e. The van der Waals surface area contributed by atoms with Gasteiger partial charge in [-0.05, 0) is 97.5 Å². The fraction of sp³-hybridized carbons (Fsp3) is 0.235. The first kappa shape index (κ1) is 36.1. The van der Waals surface area contributed by atoms with Gasteiger partial charge in [-0.1, -0.05) is 64.6 Å². The number of carbonyl (C=O) groups excluding carboxylic acids is 2. The van der Waals surface area contributed by atoms with Gasteiger partial charge in [0, 0.05) is 43.9 Å². The Hall–Kier alpha value is -3.18. The Bertz CT molecular complexity index is 1940. The molecule has 2 aliphatic rings. The molecule has 4 aromatic carbocycles. The van der Waals surface area contributed by atoms with E-state index in [-0.39, 0.29) is 35.2 Å². The number of hydrogen-bond acceptors (Lipinski definition) is 6. The van der Waals surface area contributed by atoms with Crippen molar-refractivity contribution in [3.63, 3.8) is 0 Å². The topological polar surface area (TPSA) is 111 Å². The highest BCUT2D eigenvalue weighted by molar-refractivity contribution is 8.13. The standard InChI is InChI=1S/C17H14Cl3NO4S.C17H15Cl2NO2/c18-12-1-4-16(14(19)9-12)25-6-5-10-7-11-8-13(26(20,23)24)2-3-15(11)21-17(10)22;18-13-5-6-16(14(19)10-13)22-8-7-12-9-11-3-1-2-4-15(11)20-17(12)21/h1-4,8-10H,5-7H2,(H,21,22);1-6,10,12H,7-9H2,(H,20,21). The van der Waals surface area contributed by atoms with Gasteiger partial charge in [0.2, 0.25) is 11.8 Å². The Morgan fingerprint density at radius 3 is 1.67 bits per heavy atom. The summed E-state index contributed by atoms with van der Waals surface area (Å²) in [5.41, 5.74) is 3.39. The van der Waals surface area contributed by atoms with Crippen molar-refractivity contribution in [2.45, 2.75) is 30.6 Å². The number of hydrogen-bond donors (Lipinski definition) is 2. The van der Waals surface area contributed by atoms with Crippen LogP contribution in [-0.2, 0) is 31.5 Å². The van der Waals surface area contributed by atoms with E-state index in [1.165, 1.54) is 12.1 Å². The molecule has 0 aromatic heterocycles. The summed E-state index contributed by atoms with van der Waals surface area (Å²) in [7, 11) is 1.57. The lowest BCUT2D eigenvalue weighted by Crippen LogP contribution is -2.31. The van der Waals surface area contributed by atoms with E-state index in [2.05, 4.69) is 10.6 Å². The quantitative estimate of drug-likeness (QED) is 0.164. The number of carbonyl (C=O) groups is 2. The van der Waals surface area contributed by atoms with Crippen LogP contribution >= 0.6 is 57.1 Å². The molecule has 2 N–H and O–H groups in total. The Morgan fingerprint density at radius 1 is 0.646 bits per heavy atom. The number of ether oxygens (including phenoxy) is 2. The molecule has 6 rings (SSSR count). The second-order valence-electron chi connectivity index (χ2n) is 11.1. The zero-order valence-electron chi connectivity index (χ0n) is 25.2. The van der Waals surface area contributed by atoms with Crippen molar-refractivity contribution in [3.05, 3.63) is 110 Å². The van der Waals surface area contributed by atoms with Crippen molar-refractivity contribution >= 4 is 89.3 Å². The molecule has 2 heterocycles. The summed E-state index contributed by atoms with van der Waals surface area (Å²) < 4.78 is 34.3. The van der Waals surface area contributed by atoms with Crippen molar-refractivity contribution in [2.75, 3.05) is 23.8 Å². The number of rotatable bonds is 9. The van der Waals surface area contributed by atoms with Gasteiger partial charge in [0.1, 0.15) is 11.5 Å². The van der Waals surface area contributed by atoms with E-state index in [9.17, 15) is 18.0 Å². The van der Waals surface area contributed by atoms with Crippen LogP contribution in [0.25, 0.3) is 0 Å². The van der Waals surface area contributed by atoms with Crippen LogP contribution in [0, 0.1) is 11.8 Å². The monoisotopic (exact) mass is 768 g/mol. The Labute approximate surface area is 303 Å². The first-order valence-corrected chi connectivity index (χ1v) is 18.6. The minimum absolute atomic E-state index is 0.0111. The summed E-state index contributed by atoms with van der Waals surface area (Å²) in [6.45, 7) is 0.712. The van der Waals surface area contributed by atoms with E-state index in [0.717, 1.165) is 23.2 Å². The molecule has 252 valence electrons. The van der Waals surface area contributed by atoms with Crippen LogP contribution in [0.3, 0.4) is 0 Å². The molecule has 2 atom stereocenters. The van der Waals surface area contributed by atoms with Crippen molar-refractivity contribution < 1.29 is 27.5 Å². The van der Waals surface area contributed by atoms with Crippen LogP contribution in [0.5, 0.6) is 11.5 Å². The van der Waals surface area contributed by atoms with Crippen LogP contribution in [0.2, 0.25) is 20.1 Å². The third-order valence-electron chi connectivity index (χ3n) is 7.80. The first-order valence-electron chi connectivity index (χ1n) is 14.8. The number of anilines is 2. The highest BCUT2D eigenvalue weighted by Crippen LogP contribution is 2.33. The second-order valence-corrected chi connectivity index (χ2v) is 15.4. The lowest BCUT2D eigenvalue weighted by atomic mass is 9.91. The maximum Gasteiger partial charge on any atom is 0.261 e. The van der Waals surface area contributed by atoms with Crippen LogP contribution in [0.1, 0.15) is 24.0 Å². The van der Waals surface area contributed by atoms with Gasteiger partial charge in [0.25, 0.3) is 9.05 Å². The smallest absolute Gasteiger partial charge is 0.261 e. The maximum absolute atomic E-state index is 12.2. The molecule has 48 heavy (non-hydrogen) atoms. The molecule has 8 nitrogen and oxygen atoms in total. The lowest BCUT2D eigenvalue weighted by Gasteiger charge is -2.25. The number of benzene rings is 4. The predicted molar refractivity (Wildman–Crippen MR) is 191 cm³/mol. The highest BCUT2D eigenvalue weighted by atomic mass is 35.7. The van der Waals surface area contributed by atoms with Crippen molar-refractivity contribution in [3.8, 4) is 11.5 Å². The molecule has 2 aliphatic heterocycles. The highest BCUT2D eigenvalue weighted by Gasteiger charge is 2.28. The molecule has 2 amide bonds. The van der Waals surface area contributed by atoms with Gasteiger partial charge in [-0.25, -0.2) is 8.42 Å². The van der Waals surface area contributed by atoms with Crippen LogP contribution < -0.4 is 20.1 Å². The molecule has 4 aromatic rings. The average molecular weight is 771 g/mol. The van der Waals surface area contributed by atoms with Gasteiger partial charge >= 0.3 is 0 Å². The van der Waals surface area contributed by atoms with E-state index in [4.69, 9.17) is 66.6 Å². The summed E-state index contributed by atoms with van der Waals surface area (Å²) in [4.78, 5) is 24.4. The van der Waals surface area contributed by atoms with Gasteiger partial charge in [-0.2, -0.15) is 0 Å². The van der Waals surface area contributed by atoms with E-state index in [1.54, 1.807) is 42.5 Å². The molecular formula is C34H29Cl5N2O6S. The Morgan fingerprint density at radius 2 is 1.15 bits per heavy atom. The summed E-state index contributed by atoms with van der Waals surface area (Å²) >= 11 is 23.8. The third-order valence-corrected chi connectivity index (χ3v) is 10.2. The molecule has 0 saturated carbocycles. The van der Waals surface area contributed by atoms with E-state index < -0.39 is 9.05 Å². The third kappa shape index (κ3) is 9.49. The van der Waals surface area contributed by atoms with E-state index >= 15 is 0 Å². The molecule has 0 saturated heterocycles. The van der Waals surface area contributed by atoms with Gasteiger partial charge in [-0.15, -0.1) is 0 Å². The summed E-state index contributed by atoms with van der Waals surface area (Å²) in [5.74, 6) is 0.558. The zero-order valence-corrected chi connectivity index (χ0v) is 29.7. The van der Waals surface area contributed by atoms with Crippen LogP contribution in [-0.4, -0.2) is 33.4 Å². The minimum atomic E-state index is -3.82. The van der Waals surface area contributed by atoms with Crippen LogP contribution in [0.4, 0.5) is 11.4 Å². The number of amides is 2. The predicted octanol–water partition coefficient (Wildman–Crippen LogP) is 9.07. The van der Waals surface area contributed by atoms with Gasteiger partial charge in [0.15, 0.2) is 0 Å². The van der Waals surface area contributed by atoms with E-state index in [1.807, 2.05) is 24.3 Å². The molecule has 0 bridgehead atoms. The molecule has 0 fully saturated rings. The molecule has 14 heteroatoms. The van der Waals surface area contributed by atoms with Gasteiger partial charge in [0.05, 0.1) is 28.2 Å². The normalized spacial score (nSPS) is 16.8. The van der Waals surface area contributed by atoms with Crippen molar-refractivity contribution in [1.29, 1.82) is 0 Å². The summed E-state index contributed by atoms with van der Waals surface area (Å²) in [6.07, 6.45) is 2.22. The molecule has 2 unspecified atom stereocenters. The number of halogens is 5. The summed E-state index contributed by atoms with van der Waals surface area (Å²) in [6, 6.07) is 22.3. The molecule has 0 aliphatic carbocycles. The molecule has 0 spiro atoms. The molecule has 0 radical (unpaired) electrons. The van der Waals surface area contributed by atoms with E-state index in [0.29, 0.717) is 63.1 Å². The lowest BCUT2D eigenvalue weighted by molar-refractivity contribution is -0.121. The summed E-state index contributed by atoms with van der Waals surface area (Å²) in [5, 5.41) is 7.67. The first-order chi connectivity index (χ1) is 22.9. The largest absolute Gasteiger partial charge is 0.492 e. The SMILES string of the molecule is O=C1Nc2ccc(S(=O)(=O)Cl)cc2CC1CCOc1ccc(Cl)cc1Cl.O=C1Nc2ccccc2CC1CCOc1ccc(Cl)cc1Cl. The van der Waals surface area contributed by atoms with Crippen molar-refractivity contribution in [2.24, 2.45) is 11.8 Å². The fourth-order valence-corrected chi connectivity index (χ4v) is 7.02. The Kier molecular flexibility index (Phi) is 12.1.